The predicted molar refractivity (Wildman–Crippen MR) is 55.4 cm³/mol. The van der Waals surface area contributed by atoms with Crippen LogP contribution in [0.3, 0.4) is 0 Å². The maximum Gasteiger partial charge on any atom is 0.315 e. The molecule has 1 aromatic rings. The number of aromatic nitrogens is 1. The Morgan fingerprint density at radius 3 is 2.53 bits per heavy atom. The number of rotatable bonds is 3. The molecule has 0 aliphatic heterocycles. The predicted octanol–water partition coefficient (Wildman–Crippen LogP) is 0.467. The lowest BCUT2D eigenvalue weighted by Crippen LogP contribution is -2.51. The SMILES string of the molecule is O=C(O)C1(c2ccc([N+](=O)[O-])cn2)CC(O)C1. The van der Waals surface area contributed by atoms with Crippen LogP contribution < -0.4 is 0 Å². The van der Waals surface area contributed by atoms with Gasteiger partial charge in [-0.2, -0.15) is 0 Å². The van der Waals surface area contributed by atoms with E-state index in [9.17, 15) is 20.0 Å². The molecule has 0 aromatic carbocycles. The van der Waals surface area contributed by atoms with Gasteiger partial charge in [-0.1, -0.05) is 0 Å². The second kappa shape index (κ2) is 3.77. The molecule has 0 amide bonds. The van der Waals surface area contributed by atoms with Crippen molar-refractivity contribution in [2.24, 2.45) is 0 Å². The average molecular weight is 238 g/mol. The van der Waals surface area contributed by atoms with Crippen LogP contribution >= 0.6 is 0 Å². The lowest BCUT2D eigenvalue weighted by atomic mass is 9.64. The third-order valence-electron chi connectivity index (χ3n) is 3.03. The lowest BCUT2D eigenvalue weighted by molar-refractivity contribution is -0.385. The number of carbonyl (C=O) groups is 1. The zero-order chi connectivity index (χ0) is 12.6. The number of aliphatic hydroxyl groups is 1. The molecule has 7 nitrogen and oxygen atoms in total. The summed E-state index contributed by atoms with van der Waals surface area (Å²) in [6.45, 7) is 0. The first kappa shape index (κ1) is 11.5. The third kappa shape index (κ3) is 1.74. The fourth-order valence-corrected chi connectivity index (χ4v) is 2.02. The molecule has 0 spiro atoms. The highest BCUT2D eigenvalue weighted by Crippen LogP contribution is 2.43. The van der Waals surface area contributed by atoms with Gasteiger partial charge in [0, 0.05) is 6.07 Å². The molecule has 0 saturated heterocycles. The number of nitro groups is 1. The van der Waals surface area contributed by atoms with Crippen molar-refractivity contribution in [1.29, 1.82) is 0 Å². The summed E-state index contributed by atoms with van der Waals surface area (Å²) in [5, 5.41) is 28.8. The van der Waals surface area contributed by atoms with E-state index in [1.54, 1.807) is 0 Å². The Morgan fingerprint density at radius 1 is 1.53 bits per heavy atom. The molecule has 0 bridgehead atoms. The maximum atomic E-state index is 11.2. The smallest absolute Gasteiger partial charge is 0.315 e. The second-order valence-corrected chi connectivity index (χ2v) is 4.11. The van der Waals surface area contributed by atoms with Crippen LogP contribution in [0.15, 0.2) is 18.3 Å². The van der Waals surface area contributed by atoms with E-state index in [1.165, 1.54) is 12.1 Å². The molecule has 2 N–H and O–H groups in total. The number of aliphatic carboxylic acids is 1. The largest absolute Gasteiger partial charge is 0.481 e. The van der Waals surface area contributed by atoms with E-state index >= 15 is 0 Å². The van der Waals surface area contributed by atoms with Gasteiger partial charge in [0.2, 0.25) is 0 Å². The molecule has 7 heteroatoms. The van der Waals surface area contributed by atoms with E-state index < -0.39 is 22.4 Å². The number of hydrogen-bond donors (Lipinski definition) is 2. The van der Waals surface area contributed by atoms with Crippen LogP contribution in [0.4, 0.5) is 5.69 Å². The Bertz CT molecular complexity index is 464. The highest BCUT2D eigenvalue weighted by Gasteiger charge is 2.52. The number of carboxylic acid groups (broad SMARTS) is 1. The van der Waals surface area contributed by atoms with Crippen LogP contribution in [0.1, 0.15) is 18.5 Å². The number of pyridine rings is 1. The Morgan fingerprint density at radius 2 is 2.18 bits per heavy atom. The van der Waals surface area contributed by atoms with Crippen LogP contribution in [-0.4, -0.2) is 32.2 Å². The lowest BCUT2D eigenvalue weighted by Gasteiger charge is -2.40. The zero-order valence-electron chi connectivity index (χ0n) is 8.74. The van der Waals surface area contributed by atoms with E-state index in [0.717, 1.165) is 6.20 Å². The van der Waals surface area contributed by atoms with Crippen molar-refractivity contribution in [3.63, 3.8) is 0 Å². The maximum absolute atomic E-state index is 11.2. The monoisotopic (exact) mass is 238 g/mol. The van der Waals surface area contributed by atoms with Crippen molar-refractivity contribution in [3.8, 4) is 0 Å². The summed E-state index contributed by atoms with van der Waals surface area (Å²) in [5.74, 6) is -1.07. The van der Waals surface area contributed by atoms with Gasteiger partial charge >= 0.3 is 5.97 Å². The second-order valence-electron chi connectivity index (χ2n) is 4.11. The van der Waals surface area contributed by atoms with Crippen molar-refractivity contribution in [2.45, 2.75) is 24.4 Å². The van der Waals surface area contributed by atoms with Crippen LogP contribution in [-0.2, 0) is 10.2 Å². The summed E-state index contributed by atoms with van der Waals surface area (Å²) in [6, 6.07) is 2.55. The highest BCUT2D eigenvalue weighted by molar-refractivity contribution is 5.82. The first-order valence-corrected chi connectivity index (χ1v) is 4.98. The molecule has 17 heavy (non-hydrogen) atoms. The van der Waals surface area contributed by atoms with Crippen LogP contribution in [0, 0.1) is 10.1 Å². The molecule has 0 atom stereocenters. The van der Waals surface area contributed by atoms with Crippen molar-refractivity contribution in [2.75, 3.05) is 0 Å². The fourth-order valence-electron chi connectivity index (χ4n) is 2.02. The van der Waals surface area contributed by atoms with Gasteiger partial charge in [-0.3, -0.25) is 19.9 Å². The Labute approximate surface area is 95.9 Å². The summed E-state index contributed by atoms with van der Waals surface area (Å²) in [7, 11) is 0. The van der Waals surface area contributed by atoms with Crippen molar-refractivity contribution < 1.29 is 19.9 Å². The number of nitrogens with zero attached hydrogens (tertiary/aromatic N) is 2. The fraction of sp³-hybridized carbons (Fsp3) is 0.400. The molecule has 1 fully saturated rings. The Hall–Kier alpha value is -2.02. The minimum atomic E-state index is -1.20. The quantitative estimate of drug-likeness (QED) is 0.584. The molecule has 0 radical (unpaired) electrons. The molecule has 1 saturated carbocycles. The topological polar surface area (TPSA) is 114 Å². The molecule has 1 aliphatic carbocycles. The highest BCUT2D eigenvalue weighted by atomic mass is 16.6. The van der Waals surface area contributed by atoms with Crippen LogP contribution in [0.25, 0.3) is 0 Å². The van der Waals surface area contributed by atoms with Gasteiger partial charge in [-0.15, -0.1) is 0 Å². The van der Waals surface area contributed by atoms with Gasteiger partial charge in [0.15, 0.2) is 0 Å². The minimum Gasteiger partial charge on any atom is -0.481 e. The number of carboxylic acids is 1. The van der Waals surface area contributed by atoms with Crippen LogP contribution in [0.5, 0.6) is 0 Å². The first-order chi connectivity index (χ1) is 7.95. The average Bonchev–Trinajstić information content (AvgIpc) is 2.24. The summed E-state index contributed by atoms with van der Waals surface area (Å²) >= 11 is 0. The minimum absolute atomic E-state index is 0.0904. The van der Waals surface area contributed by atoms with E-state index in [1.807, 2.05) is 0 Å². The van der Waals surface area contributed by atoms with Crippen molar-refractivity contribution in [3.05, 3.63) is 34.1 Å². The molecule has 1 aliphatic rings. The van der Waals surface area contributed by atoms with Gasteiger partial charge in [-0.05, 0) is 18.9 Å². The summed E-state index contributed by atoms with van der Waals surface area (Å²) < 4.78 is 0. The first-order valence-electron chi connectivity index (χ1n) is 4.98. The van der Waals surface area contributed by atoms with Gasteiger partial charge in [0.25, 0.3) is 5.69 Å². The molecule has 1 aromatic heterocycles. The summed E-state index contributed by atoms with van der Waals surface area (Å²) in [4.78, 5) is 24.8. The van der Waals surface area contributed by atoms with E-state index in [2.05, 4.69) is 4.98 Å². The molecule has 2 rings (SSSR count). The number of hydrogen-bond acceptors (Lipinski definition) is 5. The summed E-state index contributed by atoms with van der Waals surface area (Å²) in [5.41, 5.74) is -1.13. The van der Waals surface area contributed by atoms with Gasteiger partial charge < -0.3 is 10.2 Å². The molecular weight excluding hydrogens is 228 g/mol. The standard InChI is InChI=1S/C10H10N2O5/c13-7-3-10(4-7,9(14)15)8-2-1-6(5-11-8)12(16)17/h1-2,5,7,13H,3-4H2,(H,14,15). The van der Waals surface area contributed by atoms with Crippen LogP contribution in [0.2, 0.25) is 0 Å². The van der Waals surface area contributed by atoms with Gasteiger partial charge in [-0.25, -0.2) is 0 Å². The van der Waals surface area contributed by atoms with Gasteiger partial charge in [0.1, 0.15) is 11.6 Å². The van der Waals surface area contributed by atoms with E-state index in [0.29, 0.717) is 0 Å². The number of aliphatic hydroxyl groups excluding tert-OH is 1. The van der Waals surface area contributed by atoms with Gasteiger partial charge in [0.05, 0.1) is 16.7 Å². The van der Waals surface area contributed by atoms with E-state index in [4.69, 9.17) is 5.11 Å². The molecule has 1 heterocycles. The Kier molecular flexibility index (Phi) is 2.55. The Balaban J connectivity index is 2.33. The molecular formula is C10H10N2O5. The van der Waals surface area contributed by atoms with Crippen molar-refractivity contribution in [1.82, 2.24) is 4.98 Å². The zero-order valence-corrected chi connectivity index (χ0v) is 8.74. The van der Waals surface area contributed by atoms with Crippen molar-refractivity contribution >= 4 is 11.7 Å². The normalized spacial score (nSPS) is 27.2. The van der Waals surface area contributed by atoms with E-state index in [-0.39, 0.29) is 24.2 Å². The molecule has 0 unspecified atom stereocenters. The molecule has 90 valence electrons. The third-order valence-corrected chi connectivity index (χ3v) is 3.03. The summed E-state index contributed by atoms with van der Waals surface area (Å²) in [6.07, 6.45) is 0.563.